The van der Waals surface area contributed by atoms with Crippen LogP contribution in [0.2, 0.25) is 0 Å². The zero-order valence-corrected chi connectivity index (χ0v) is 20.6. The van der Waals surface area contributed by atoms with Crippen molar-refractivity contribution in [3.63, 3.8) is 0 Å². The summed E-state index contributed by atoms with van der Waals surface area (Å²) < 4.78 is 33.0. The summed E-state index contributed by atoms with van der Waals surface area (Å²) in [4.78, 5) is 4.65. The molecule has 0 fully saturated rings. The Balaban J connectivity index is 2.12. The molecule has 0 radical (unpaired) electrons. The number of ether oxygens (including phenoxy) is 3. The van der Waals surface area contributed by atoms with Crippen molar-refractivity contribution in [2.75, 3.05) is 18.5 Å². The van der Waals surface area contributed by atoms with E-state index < -0.39 is 11.9 Å². The average Bonchev–Trinajstić information content (AvgIpc) is 2.83. The Morgan fingerprint density at radius 1 is 1.09 bits per heavy atom. The molecule has 3 rings (SSSR count). The van der Waals surface area contributed by atoms with Crippen molar-refractivity contribution >= 4 is 11.5 Å². The minimum absolute atomic E-state index is 0.0264. The van der Waals surface area contributed by atoms with Crippen LogP contribution in [0.25, 0.3) is 0 Å². The smallest absolute Gasteiger partial charge is 0.213 e. The fourth-order valence-electron chi connectivity index (χ4n) is 3.50. The Hall–Kier alpha value is -3.81. The first-order valence-corrected chi connectivity index (χ1v) is 11.8. The zero-order valence-electron chi connectivity index (χ0n) is 20.6. The van der Waals surface area contributed by atoms with E-state index in [1.807, 2.05) is 39.8 Å². The number of pyridine rings is 1. The number of nitrogens with zero attached hydrogens (tertiary/aromatic N) is 1. The van der Waals surface area contributed by atoms with Crippen LogP contribution in [0, 0.1) is 11.2 Å². The van der Waals surface area contributed by atoms with Crippen LogP contribution in [-0.2, 0) is 0 Å². The Kier molecular flexibility index (Phi) is 8.89. The van der Waals surface area contributed by atoms with E-state index in [1.165, 1.54) is 0 Å². The van der Waals surface area contributed by atoms with Crippen LogP contribution in [0.15, 0.2) is 54.6 Å². The summed E-state index contributed by atoms with van der Waals surface area (Å²) in [6.45, 7) is 8.53. The lowest BCUT2D eigenvalue weighted by molar-refractivity contribution is 0.228. The van der Waals surface area contributed by atoms with E-state index in [0.29, 0.717) is 47.4 Å². The van der Waals surface area contributed by atoms with Gasteiger partial charge >= 0.3 is 0 Å². The number of nitrogens with one attached hydrogen (secondary N) is 2. The molecule has 7 nitrogen and oxygen atoms in total. The first-order valence-electron chi connectivity index (χ1n) is 11.8. The molecule has 186 valence electrons. The number of aromatic nitrogens is 1. The minimum atomic E-state index is -0.682. The van der Waals surface area contributed by atoms with Gasteiger partial charge < -0.3 is 25.3 Å². The summed E-state index contributed by atoms with van der Waals surface area (Å²) in [6.07, 6.45) is 0.625. The summed E-state index contributed by atoms with van der Waals surface area (Å²) in [5, 5.41) is 11.0. The SMILES string of the molecule is CCCOc1cccc(C(Nc2ccc(C(=N)N)cc2)c2cc(OCC)cc(OC(C)C)c2F)n1. The molecule has 8 heteroatoms. The van der Waals surface area contributed by atoms with Gasteiger partial charge in [-0.05, 0) is 63.6 Å². The van der Waals surface area contributed by atoms with Crippen molar-refractivity contribution in [1.29, 1.82) is 5.41 Å². The van der Waals surface area contributed by atoms with E-state index >= 15 is 4.39 Å². The molecule has 0 saturated heterocycles. The van der Waals surface area contributed by atoms with Gasteiger partial charge in [-0.25, -0.2) is 9.37 Å². The molecule has 0 amide bonds. The highest BCUT2D eigenvalue weighted by Crippen LogP contribution is 2.36. The highest BCUT2D eigenvalue weighted by molar-refractivity contribution is 5.95. The van der Waals surface area contributed by atoms with Crippen molar-refractivity contribution in [1.82, 2.24) is 4.98 Å². The monoisotopic (exact) mass is 480 g/mol. The Labute approximate surface area is 205 Å². The molecule has 3 aromatic rings. The quantitative estimate of drug-likeness (QED) is 0.228. The Bertz CT molecular complexity index is 1140. The van der Waals surface area contributed by atoms with Gasteiger partial charge in [-0.1, -0.05) is 13.0 Å². The van der Waals surface area contributed by atoms with Crippen LogP contribution in [0.4, 0.5) is 10.1 Å². The molecule has 0 saturated carbocycles. The van der Waals surface area contributed by atoms with Crippen molar-refractivity contribution in [3.8, 4) is 17.4 Å². The molecule has 1 heterocycles. The number of amidine groups is 1. The minimum Gasteiger partial charge on any atom is -0.494 e. The van der Waals surface area contributed by atoms with Crippen molar-refractivity contribution < 1.29 is 18.6 Å². The van der Waals surface area contributed by atoms with Crippen LogP contribution in [0.3, 0.4) is 0 Å². The van der Waals surface area contributed by atoms with E-state index in [-0.39, 0.29) is 17.7 Å². The molecule has 0 aliphatic carbocycles. The topological polar surface area (TPSA) is 102 Å². The number of benzene rings is 2. The lowest BCUT2D eigenvalue weighted by Gasteiger charge is -2.23. The highest BCUT2D eigenvalue weighted by atomic mass is 19.1. The number of halogens is 1. The molecule has 4 N–H and O–H groups in total. The number of anilines is 1. The predicted molar refractivity (Wildman–Crippen MR) is 136 cm³/mol. The van der Waals surface area contributed by atoms with E-state index in [4.69, 9.17) is 25.4 Å². The largest absolute Gasteiger partial charge is 0.494 e. The molecule has 0 bridgehead atoms. The fraction of sp³-hybridized carbons (Fsp3) is 0.333. The summed E-state index contributed by atoms with van der Waals surface area (Å²) in [6, 6.07) is 15.0. The number of nitrogen functional groups attached to an aromatic ring is 1. The van der Waals surface area contributed by atoms with Gasteiger partial charge in [0.15, 0.2) is 11.6 Å². The molecule has 0 aliphatic heterocycles. The van der Waals surface area contributed by atoms with Gasteiger partial charge in [-0.15, -0.1) is 0 Å². The number of hydrogen-bond donors (Lipinski definition) is 3. The van der Waals surface area contributed by atoms with Gasteiger partial charge in [0.1, 0.15) is 11.6 Å². The average molecular weight is 481 g/mol. The normalized spacial score (nSPS) is 11.7. The third kappa shape index (κ3) is 6.85. The first kappa shape index (κ1) is 25.8. The second-order valence-corrected chi connectivity index (χ2v) is 8.24. The molecule has 0 spiro atoms. The molecule has 1 atom stereocenters. The van der Waals surface area contributed by atoms with Crippen LogP contribution >= 0.6 is 0 Å². The predicted octanol–water partition coefficient (Wildman–Crippen LogP) is 5.68. The van der Waals surface area contributed by atoms with Crippen molar-refractivity contribution in [3.05, 3.63) is 77.2 Å². The number of nitrogens with two attached hydrogens (primary N) is 1. The fourth-order valence-corrected chi connectivity index (χ4v) is 3.50. The Morgan fingerprint density at radius 3 is 2.46 bits per heavy atom. The second kappa shape index (κ2) is 12.1. The highest BCUT2D eigenvalue weighted by Gasteiger charge is 2.25. The summed E-state index contributed by atoms with van der Waals surface area (Å²) in [7, 11) is 0. The van der Waals surface area contributed by atoms with Crippen LogP contribution in [0.5, 0.6) is 17.4 Å². The van der Waals surface area contributed by atoms with Crippen molar-refractivity contribution in [2.45, 2.75) is 46.3 Å². The van der Waals surface area contributed by atoms with E-state index in [9.17, 15) is 0 Å². The third-order valence-corrected chi connectivity index (χ3v) is 5.03. The second-order valence-electron chi connectivity index (χ2n) is 8.24. The lowest BCUT2D eigenvalue weighted by atomic mass is 10.0. The summed E-state index contributed by atoms with van der Waals surface area (Å²) in [5.74, 6) is 0.543. The molecule has 35 heavy (non-hydrogen) atoms. The maximum Gasteiger partial charge on any atom is 0.213 e. The molecular formula is C27H33FN4O3. The molecule has 1 aromatic heterocycles. The number of rotatable bonds is 12. The van der Waals surface area contributed by atoms with Crippen LogP contribution in [0.1, 0.15) is 57.0 Å². The summed E-state index contributed by atoms with van der Waals surface area (Å²) >= 11 is 0. The third-order valence-electron chi connectivity index (χ3n) is 5.03. The standard InChI is InChI=1S/C27H33FN4O3/c1-5-14-34-24-9-7-8-22(32-24)26(31-19-12-10-18(11-13-19)27(29)30)21-15-20(33-6-2)16-23(25(21)28)35-17(3)4/h7-13,15-17,26,31H,5-6,14H2,1-4H3,(H3,29,30). The van der Waals surface area contributed by atoms with Crippen LogP contribution < -0.4 is 25.3 Å². The first-order chi connectivity index (χ1) is 16.8. The maximum absolute atomic E-state index is 15.8. The van der Waals surface area contributed by atoms with Crippen LogP contribution in [-0.4, -0.2) is 30.1 Å². The molecule has 0 aliphatic rings. The molecule has 2 aromatic carbocycles. The molecular weight excluding hydrogens is 447 g/mol. The lowest BCUT2D eigenvalue weighted by Crippen LogP contribution is -2.18. The maximum atomic E-state index is 15.8. The van der Waals surface area contributed by atoms with Gasteiger partial charge in [0, 0.05) is 28.9 Å². The van der Waals surface area contributed by atoms with E-state index in [0.717, 1.165) is 6.42 Å². The zero-order chi connectivity index (χ0) is 25.4. The Morgan fingerprint density at radius 2 is 1.83 bits per heavy atom. The van der Waals surface area contributed by atoms with Gasteiger partial charge in [0.05, 0.1) is 31.1 Å². The van der Waals surface area contributed by atoms with Gasteiger partial charge in [-0.3, -0.25) is 5.41 Å². The van der Waals surface area contributed by atoms with E-state index in [2.05, 4.69) is 10.3 Å². The number of hydrogen-bond acceptors (Lipinski definition) is 6. The van der Waals surface area contributed by atoms with E-state index in [1.54, 1.807) is 42.5 Å². The van der Waals surface area contributed by atoms with Gasteiger partial charge in [0.2, 0.25) is 5.88 Å². The summed E-state index contributed by atoms with van der Waals surface area (Å²) in [5.41, 5.74) is 7.77. The van der Waals surface area contributed by atoms with Gasteiger partial charge in [0.25, 0.3) is 0 Å². The van der Waals surface area contributed by atoms with Gasteiger partial charge in [-0.2, -0.15) is 0 Å². The molecule has 1 unspecified atom stereocenters. The van der Waals surface area contributed by atoms with Crippen molar-refractivity contribution in [2.24, 2.45) is 5.73 Å².